The third kappa shape index (κ3) is 4.08. The molecule has 0 aliphatic heterocycles. The largest absolute Gasteiger partial charge is 0.354 e. The summed E-state index contributed by atoms with van der Waals surface area (Å²) in [5.74, 6) is -0.578. The lowest BCUT2D eigenvalue weighted by Crippen LogP contribution is -2.44. The molecule has 0 aromatic heterocycles. The first-order valence-corrected chi connectivity index (χ1v) is 4.50. The Labute approximate surface area is 88.0 Å². The molecule has 0 saturated carbocycles. The standard InChI is InChI=1S/C8H13N3O2S/c1-5(11-6(2)12)7(10-4-14)8(13)9-3/h4-5H,1-3H3,(H,9,13)(H,11,12). The van der Waals surface area contributed by atoms with Gasteiger partial charge in [-0.3, -0.25) is 9.59 Å². The Morgan fingerprint density at radius 2 is 2.07 bits per heavy atom. The highest BCUT2D eigenvalue weighted by Crippen LogP contribution is 1.89. The van der Waals surface area contributed by atoms with Crippen molar-refractivity contribution in [2.75, 3.05) is 7.05 Å². The summed E-state index contributed by atoms with van der Waals surface area (Å²) in [6.07, 6.45) is 0. The van der Waals surface area contributed by atoms with Gasteiger partial charge in [0.05, 0.1) is 11.5 Å². The molecule has 6 heteroatoms. The van der Waals surface area contributed by atoms with Gasteiger partial charge in [-0.25, -0.2) is 4.99 Å². The lowest BCUT2D eigenvalue weighted by atomic mass is 10.2. The lowest BCUT2D eigenvalue weighted by molar-refractivity contribution is -0.119. The van der Waals surface area contributed by atoms with Gasteiger partial charge in [-0.05, 0) is 6.92 Å². The minimum Gasteiger partial charge on any atom is -0.354 e. The Hall–Kier alpha value is -1.30. The zero-order chi connectivity index (χ0) is 11.1. The van der Waals surface area contributed by atoms with Crippen LogP contribution < -0.4 is 10.6 Å². The number of thiocarbonyl (C=S) groups is 1. The minimum absolute atomic E-state index is 0.192. The molecular weight excluding hydrogens is 202 g/mol. The summed E-state index contributed by atoms with van der Waals surface area (Å²) < 4.78 is 0. The van der Waals surface area contributed by atoms with Crippen LogP contribution in [0, 0.1) is 0 Å². The number of hydrogen-bond acceptors (Lipinski definition) is 3. The van der Waals surface area contributed by atoms with Crippen molar-refractivity contribution in [2.24, 2.45) is 4.99 Å². The van der Waals surface area contributed by atoms with Gasteiger partial charge in [0.1, 0.15) is 5.71 Å². The summed E-state index contributed by atoms with van der Waals surface area (Å²) in [5.41, 5.74) is 1.29. The SMILES string of the molecule is CNC(=O)C(=NC=S)C(C)NC(C)=O. The zero-order valence-electron chi connectivity index (χ0n) is 8.33. The van der Waals surface area contributed by atoms with Crippen molar-refractivity contribution in [1.29, 1.82) is 0 Å². The zero-order valence-corrected chi connectivity index (χ0v) is 9.14. The third-order valence-corrected chi connectivity index (χ3v) is 1.59. The van der Waals surface area contributed by atoms with Gasteiger partial charge in [-0.1, -0.05) is 12.2 Å². The molecule has 0 aromatic rings. The third-order valence-electron chi connectivity index (χ3n) is 1.48. The summed E-state index contributed by atoms with van der Waals surface area (Å²) in [4.78, 5) is 25.7. The van der Waals surface area contributed by atoms with E-state index in [4.69, 9.17) is 0 Å². The molecule has 0 fully saturated rings. The van der Waals surface area contributed by atoms with E-state index in [1.807, 2.05) is 0 Å². The molecule has 14 heavy (non-hydrogen) atoms. The van der Waals surface area contributed by atoms with Crippen LogP contribution >= 0.6 is 12.2 Å². The summed E-state index contributed by atoms with van der Waals surface area (Å²) in [6, 6.07) is -0.452. The van der Waals surface area contributed by atoms with E-state index in [0.717, 1.165) is 5.49 Å². The van der Waals surface area contributed by atoms with Crippen molar-refractivity contribution >= 4 is 35.2 Å². The molecule has 2 N–H and O–H groups in total. The highest BCUT2D eigenvalue weighted by molar-refractivity contribution is 7.78. The van der Waals surface area contributed by atoms with Gasteiger partial charge in [-0.15, -0.1) is 0 Å². The average molecular weight is 215 g/mol. The summed E-state index contributed by atoms with van der Waals surface area (Å²) in [5, 5.41) is 4.96. The summed E-state index contributed by atoms with van der Waals surface area (Å²) in [7, 11) is 1.49. The van der Waals surface area contributed by atoms with Crippen LogP contribution in [0.2, 0.25) is 0 Å². The van der Waals surface area contributed by atoms with Gasteiger partial charge >= 0.3 is 0 Å². The fraction of sp³-hybridized carbons (Fsp3) is 0.500. The number of carbonyl (C=O) groups excluding carboxylic acids is 2. The lowest BCUT2D eigenvalue weighted by Gasteiger charge is -2.13. The maximum atomic E-state index is 11.3. The van der Waals surface area contributed by atoms with E-state index < -0.39 is 6.04 Å². The van der Waals surface area contributed by atoms with Crippen molar-refractivity contribution in [3.05, 3.63) is 0 Å². The first kappa shape index (κ1) is 12.7. The molecule has 0 bridgehead atoms. The number of amides is 2. The quantitative estimate of drug-likeness (QED) is 0.497. The van der Waals surface area contributed by atoms with Gasteiger partial charge in [0.25, 0.3) is 5.91 Å². The molecule has 0 aliphatic rings. The van der Waals surface area contributed by atoms with E-state index >= 15 is 0 Å². The Morgan fingerprint density at radius 1 is 1.50 bits per heavy atom. The van der Waals surface area contributed by atoms with Crippen LogP contribution in [-0.4, -0.2) is 36.1 Å². The topological polar surface area (TPSA) is 70.6 Å². The first-order chi connectivity index (χ1) is 6.52. The number of nitrogens with zero attached hydrogens (tertiary/aromatic N) is 1. The van der Waals surface area contributed by atoms with Gasteiger partial charge in [0.2, 0.25) is 5.91 Å². The van der Waals surface area contributed by atoms with Crippen molar-refractivity contribution in [3.8, 4) is 0 Å². The van der Waals surface area contributed by atoms with Crippen molar-refractivity contribution in [1.82, 2.24) is 10.6 Å². The molecule has 2 amide bonds. The molecule has 0 aromatic carbocycles. The Balaban J connectivity index is 4.66. The maximum absolute atomic E-state index is 11.3. The molecule has 1 unspecified atom stereocenters. The highest BCUT2D eigenvalue weighted by atomic mass is 32.1. The van der Waals surface area contributed by atoms with Crippen LogP contribution in [-0.2, 0) is 9.59 Å². The average Bonchev–Trinajstić information content (AvgIpc) is 2.11. The fourth-order valence-electron chi connectivity index (χ4n) is 0.925. The maximum Gasteiger partial charge on any atom is 0.267 e. The minimum atomic E-state index is -0.452. The monoisotopic (exact) mass is 215 g/mol. The normalized spacial score (nSPS) is 12.9. The second-order valence-electron chi connectivity index (χ2n) is 2.62. The van der Waals surface area contributed by atoms with E-state index in [9.17, 15) is 9.59 Å². The number of hydrogen-bond donors (Lipinski definition) is 2. The molecule has 5 nitrogen and oxygen atoms in total. The van der Waals surface area contributed by atoms with Crippen LogP contribution in [0.15, 0.2) is 4.99 Å². The Bertz CT molecular complexity index is 276. The van der Waals surface area contributed by atoms with Crippen molar-refractivity contribution < 1.29 is 9.59 Å². The molecule has 0 saturated heterocycles. The predicted molar refractivity (Wildman–Crippen MR) is 58.4 cm³/mol. The molecule has 78 valence electrons. The molecule has 1 atom stereocenters. The van der Waals surface area contributed by atoms with Crippen molar-refractivity contribution in [2.45, 2.75) is 19.9 Å². The highest BCUT2D eigenvalue weighted by Gasteiger charge is 2.17. The number of rotatable bonds is 4. The first-order valence-electron chi connectivity index (χ1n) is 4.03. The van der Waals surface area contributed by atoms with Crippen LogP contribution in [0.1, 0.15) is 13.8 Å². The van der Waals surface area contributed by atoms with Gasteiger partial charge in [0, 0.05) is 14.0 Å². The number of nitrogens with one attached hydrogen (secondary N) is 2. The van der Waals surface area contributed by atoms with Crippen LogP contribution in [0.4, 0.5) is 0 Å². The molecule has 0 rings (SSSR count). The molecule has 0 spiro atoms. The summed E-state index contributed by atoms with van der Waals surface area (Å²) in [6.45, 7) is 3.03. The Morgan fingerprint density at radius 3 is 2.43 bits per heavy atom. The van der Waals surface area contributed by atoms with E-state index in [-0.39, 0.29) is 17.5 Å². The van der Waals surface area contributed by atoms with E-state index in [0.29, 0.717) is 0 Å². The fourth-order valence-corrected chi connectivity index (χ4v) is 1.04. The second-order valence-corrected chi connectivity index (χ2v) is 2.83. The van der Waals surface area contributed by atoms with Gasteiger partial charge in [0.15, 0.2) is 0 Å². The molecule has 0 heterocycles. The molecule has 0 aliphatic carbocycles. The van der Waals surface area contributed by atoms with Crippen molar-refractivity contribution in [3.63, 3.8) is 0 Å². The van der Waals surface area contributed by atoms with Gasteiger partial charge in [-0.2, -0.15) is 0 Å². The van der Waals surface area contributed by atoms with E-state index in [1.54, 1.807) is 6.92 Å². The molecule has 0 radical (unpaired) electrons. The second kappa shape index (κ2) is 6.20. The van der Waals surface area contributed by atoms with Crippen LogP contribution in [0.25, 0.3) is 0 Å². The van der Waals surface area contributed by atoms with Crippen LogP contribution in [0.5, 0.6) is 0 Å². The smallest absolute Gasteiger partial charge is 0.267 e. The Kier molecular flexibility index (Phi) is 5.62. The van der Waals surface area contributed by atoms with E-state index in [2.05, 4.69) is 27.8 Å². The predicted octanol–water partition coefficient (Wildman–Crippen LogP) is -0.345. The number of carbonyl (C=O) groups is 2. The molecular formula is C8H13N3O2S. The van der Waals surface area contributed by atoms with Gasteiger partial charge < -0.3 is 10.6 Å². The van der Waals surface area contributed by atoms with Crippen LogP contribution in [0.3, 0.4) is 0 Å². The van der Waals surface area contributed by atoms with E-state index in [1.165, 1.54) is 14.0 Å². The summed E-state index contributed by atoms with van der Waals surface area (Å²) >= 11 is 4.52. The number of aliphatic imine (C=N–C) groups is 1.